The van der Waals surface area contributed by atoms with Crippen molar-refractivity contribution in [3.8, 4) is 17.1 Å². The molecule has 0 amide bonds. The Labute approximate surface area is 202 Å². The van der Waals surface area contributed by atoms with Crippen LogP contribution >= 0.6 is 0 Å². The molecule has 0 aliphatic carbocycles. The van der Waals surface area contributed by atoms with Crippen molar-refractivity contribution >= 4 is 16.9 Å². The molecular weight excluding hydrogens is 442 g/mol. The monoisotopic (exact) mass is 465 g/mol. The molecule has 3 aromatic carbocycles. The average molecular weight is 466 g/mol. The summed E-state index contributed by atoms with van der Waals surface area (Å²) in [5.74, 6) is 0.846. The van der Waals surface area contributed by atoms with Gasteiger partial charge in [-0.05, 0) is 60.2 Å². The molecule has 0 aliphatic heterocycles. The van der Waals surface area contributed by atoms with Crippen LogP contribution in [0.15, 0.2) is 84.9 Å². The third kappa shape index (κ3) is 5.16. The maximum absolute atomic E-state index is 12.2. The first kappa shape index (κ1) is 22.2. The van der Waals surface area contributed by atoms with Crippen LogP contribution < -0.4 is 4.74 Å². The second-order valence-electron chi connectivity index (χ2n) is 7.83. The Kier molecular flexibility index (Phi) is 6.43. The van der Waals surface area contributed by atoms with Crippen molar-refractivity contribution in [3.63, 3.8) is 0 Å². The second-order valence-corrected chi connectivity index (χ2v) is 7.83. The predicted molar refractivity (Wildman–Crippen MR) is 131 cm³/mol. The number of fused-ring (bicyclic) bond motifs is 1. The number of carbonyl (C=O) groups excluding carboxylic acids is 1. The van der Waals surface area contributed by atoms with Crippen molar-refractivity contribution in [1.29, 1.82) is 0 Å². The average Bonchev–Trinajstić information content (AvgIpc) is 3.36. The van der Waals surface area contributed by atoms with E-state index >= 15 is 0 Å². The lowest BCUT2D eigenvalue weighted by molar-refractivity contribution is 0.0525. The van der Waals surface area contributed by atoms with E-state index in [1.165, 1.54) is 4.80 Å². The van der Waals surface area contributed by atoms with E-state index in [0.717, 1.165) is 33.5 Å². The van der Waals surface area contributed by atoms with Gasteiger partial charge in [-0.15, -0.1) is 10.2 Å². The fraction of sp³-hybridized carbons (Fsp3) is 0.148. The first-order chi connectivity index (χ1) is 17.2. The second kappa shape index (κ2) is 10.1. The normalized spacial score (nSPS) is 10.9. The van der Waals surface area contributed by atoms with Gasteiger partial charge in [0.25, 0.3) is 0 Å². The van der Waals surface area contributed by atoms with Crippen LogP contribution in [0, 0.1) is 0 Å². The van der Waals surface area contributed by atoms with E-state index in [1.807, 2.05) is 72.8 Å². The number of hydrogen-bond acceptors (Lipinski definition) is 7. The van der Waals surface area contributed by atoms with Crippen molar-refractivity contribution in [1.82, 2.24) is 25.2 Å². The van der Waals surface area contributed by atoms with Crippen molar-refractivity contribution in [2.75, 3.05) is 6.61 Å². The number of pyridine rings is 1. The Hall–Kier alpha value is -4.59. The summed E-state index contributed by atoms with van der Waals surface area (Å²) in [4.78, 5) is 18.3. The molecule has 5 aromatic rings. The number of para-hydroxylation sites is 1. The van der Waals surface area contributed by atoms with Crippen LogP contribution in [0.5, 0.6) is 5.75 Å². The largest absolute Gasteiger partial charge is 0.487 e. The highest BCUT2D eigenvalue weighted by Gasteiger charge is 2.14. The van der Waals surface area contributed by atoms with Gasteiger partial charge in [0, 0.05) is 10.9 Å². The van der Waals surface area contributed by atoms with Crippen LogP contribution in [0.2, 0.25) is 0 Å². The van der Waals surface area contributed by atoms with Crippen LogP contribution in [0.4, 0.5) is 0 Å². The Balaban J connectivity index is 1.24. The molecule has 2 heterocycles. The molecule has 0 atom stereocenters. The molecule has 5 rings (SSSR count). The molecule has 0 saturated carbocycles. The maximum atomic E-state index is 12.2. The summed E-state index contributed by atoms with van der Waals surface area (Å²) in [5.41, 5.74) is 3.88. The summed E-state index contributed by atoms with van der Waals surface area (Å²) in [6, 6.07) is 26.8. The maximum Gasteiger partial charge on any atom is 0.338 e. The third-order valence-corrected chi connectivity index (χ3v) is 5.43. The van der Waals surface area contributed by atoms with E-state index in [4.69, 9.17) is 9.47 Å². The standard InChI is InChI=1S/C27H23N5O3/c1-2-34-27(33)24-9-5-3-8-21(24)17-32-30-26(29-31-32)20-12-15-23(16-13-20)35-18-22-14-11-19-7-4-6-10-25(19)28-22/h3-16H,2,17-18H2,1H3. The zero-order valence-corrected chi connectivity index (χ0v) is 19.2. The number of rotatable bonds is 8. The first-order valence-electron chi connectivity index (χ1n) is 11.3. The lowest BCUT2D eigenvalue weighted by Crippen LogP contribution is -2.12. The Morgan fingerprint density at radius 1 is 0.914 bits per heavy atom. The molecule has 0 saturated heterocycles. The van der Waals surface area contributed by atoms with Gasteiger partial charge in [-0.2, -0.15) is 4.80 Å². The van der Waals surface area contributed by atoms with E-state index in [0.29, 0.717) is 31.1 Å². The van der Waals surface area contributed by atoms with Gasteiger partial charge in [0.2, 0.25) is 5.82 Å². The van der Waals surface area contributed by atoms with Gasteiger partial charge >= 0.3 is 5.97 Å². The van der Waals surface area contributed by atoms with Gasteiger partial charge in [-0.25, -0.2) is 9.78 Å². The minimum Gasteiger partial charge on any atom is -0.487 e. The summed E-state index contributed by atoms with van der Waals surface area (Å²) in [5, 5.41) is 13.9. The van der Waals surface area contributed by atoms with Crippen molar-refractivity contribution < 1.29 is 14.3 Å². The van der Waals surface area contributed by atoms with Crippen LogP contribution in [-0.4, -0.2) is 37.8 Å². The number of esters is 1. The number of aromatic nitrogens is 5. The minimum absolute atomic E-state index is 0.307. The van der Waals surface area contributed by atoms with E-state index in [2.05, 4.69) is 20.4 Å². The fourth-order valence-electron chi connectivity index (χ4n) is 3.69. The Bertz CT molecular complexity index is 1460. The topological polar surface area (TPSA) is 92.0 Å². The lowest BCUT2D eigenvalue weighted by Gasteiger charge is -2.08. The summed E-state index contributed by atoms with van der Waals surface area (Å²) < 4.78 is 11.0. The van der Waals surface area contributed by atoms with E-state index < -0.39 is 0 Å². The Morgan fingerprint density at radius 3 is 2.57 bits per heavy atom. The van der Waals surface area contributed by atoms with Crippen molar-refractivity contribution in [2.45, 2.75) is 20.1 Å². The third-order valence-electron chi connectivity index (χ3n) is 5.43. The molecule has 0 fully saturated rings. The van der Waals surface area contributed by atoms with E-state index in [1.54, 1.807) is 19.1 Å². The van der Waals surface area contributed by atoms with Crippen LogP contribution in [0.25, 0.3) is 22.3 Å². The van der Waals surface area contributed by atoms with Crippen LogP contribution in [-0.2, 0) is 17.9 Å². The molecule has 8 heteroatoms. The molecule has 2 aromatic heterocycles. The molecule has 174 valence electrons. The zero-order chi connectivity index (χ0) is 24.0. The minimum atomic E-state index is -0.363. The molecule has 0 N–H and O–H groups in total. The predicted octanol–water partition coefficient (Wildman–Crippen LogP) is 4.69. The van der Waals surface area contributed by atoms with Gasteiger partial charge in [-0.1, -0.05) is 42.5 Å². The summed E-state index contributed by atoms with van der Waals surface area (Å²) in [6.45, 7) is 2.78. The number of carbonyl (C=O) groups is 1. The summed E-state index contributed by atoms with van der Waals surface area (Å²) in [7, 11) is 0. The molecule has 8 nitrogen and oxygen atoms in total. The number of tetrazole rings is 1. The highest BCUT2D eigenvalue weighted by Crippen LogP contribution is 2.20. The van der Waals surface area contributed by atoms with Gasteiger partial charge in [0.05, 0.1) is 29.9 Å². The van der Waals surface area contributed by atoms with Crippen LogP contribution in [0.1, 0.15) is 28.5 Å². The molecule has 0 aliphatic rings. The molecule has 0 radical (unpaired) electrons. The number of benzene rings is 3. The number of nitrogens with zero attached hydrogens (tertiary/aromatic N) is 5. The van der Waals surface area contributed by atoms with Crippen molar-refractivity contribution in [2.24, 2.45) is 0 Å². The quantitative estimate of drug-likeness (QED) is 0.307. The summed E-state index contributed by atoms with van der Waals surface area (Å²) >= 11 is 0. The van der Waals surface area contributed by atoms with Gasteiger partial charge < -0.3 is 9.47 Å². The summed E-state index contributed by atoms with van der Waals surface area (Å²) in [6.07, 6.45) is 0. The number of ether oxygens (including phenoxy) is 2. The molecule has 0 unspecified atom stereocenters. The molecular formula is C27H23N5O3. The number of hydrogen-bond donors (Lipinski definition) is 0. The lowest BCUT2D eigenvalue weighted by atomic mass is 10.1. The Morgan fingerprint density at radius 2 is 1.71 bits per heavy atom. The molecule has 35 heavy (non-hydrogen) atoms. The van der Waals surface area contributed by atoms with E-state index in [-0.39, 0.29) is 5.97 Å². The highest BCUT2D eigenvalue weighted by atomic mass is 16.5. The molecule has 0 bridgehead atoms. The van der Waals surface area contributed by atoms with Gasteiger partial charge in [0.1, 0.15) is 12.4 Å². The SMILES string of the molecule is CCOC(=O)c1ccccc1Cn1nnc(-c2ccc(OCc3ccc4ccccc4n3)cc2)n1. The smallest absolute Gasteiger partial charge is 0.338 e. The van der Waals surface area contributed by atoms with Gasteiger partial charge in [0.15, 0.2) is 0 Å². The zero-order valence-electron chi connectivity index (χ0n) is 19.2. The van der Waals surface area contributed by atoms with Crippen molar-refractivity contribution in [3.05, 3.63) is 102 Å². The first-order valence-corrected chi connectivity index (χ1v) is 11.3. The van der Waals surface area contributed by atoms with Gasteiger partial charge in [-0.3, -0.25) is 0 Å². The highest BCUT2D eigenvalue weighted by molar-refractivity contribution is 5.91. The fourth-order valence-corrected chi connectivity index (χ4v) is 3.69. The molecule has 0 spiro atoms. The van der Waals surface area contributed by atoms with E-state index in [9.17, 15) is 4.79 Å². The van der Waals surface area contributed by atoms with Crippen LogP contribution in [0.3, 0.4) is 0 Å².